The molecule has 0 fully saturated rings. The summed E-state index contributed by atoms with van der Waals surface area (Å²) in [7, 11) is 0. The minimum absolute atomic E-state index is 0.0542. The third kappa shape index (κ3) is 3.12. The van der Waals surface area contributed by atoms with Crippen molar-refractivity contribution in [2.45, 2.75) is 19.9 Å². The molecule has 2 aliphatic rings. The van der Waals surface area contributed by atoms with Crippen molar-refractivity contribution < 1.29 is 19.1 Å². The molecule has 0 saturated heterocycles. The zero-order chi connectivity index (χ0) is 17.4. The van der Waals surface area contributed by atoms with Crippen LogP contribution in [0.15, 0.2) is 18.2 Å². The summed E-state index contributed by atoms with van der Waals surface area (Å²) < 4.78 is 12.6. The van der Waals surface area contributed by atoms with Crippen molar-refractivity contribution in [3.05, 3.63) is 24.0 Å². The number of anilines is 2. The predicted octanol–water partition coefficient (Wildman–Crippen LogP) is 0.955. The molecule has 25 heavy (non-hydrogen) atoms. The van der Waals surface area contributed by atoms with Gasteiger partial charge in [-0.3, -0.25) is 14.9 Å². The fourth-order valence-corrected chi connectivity index (χ4v) is 2.89. The lowest BCUT2D eigenvalue weighted by Crippen LogP contribution is -2.36. The fraction of sp³-hybridized carbons (Fsp3) is 0.375. The molecule has 1 atom stereocenters. The smallest absolute Gasteiger partial charge is 0.232 e. The van der Waals surface area contributed by atoms with Crippen LogP contribution in [0.5, 0.6) is 11.5 Å². The molecule has 0 radical (unpaired) electrons. The summed E-state index contributed by atoms with van der Waals surface area (Å²) in [6.07, 6.45) is 0.0542. The summed E-state index contributed by atoms with van der Waals surface area (Å²) in [6.45, 7) is 3.07. The van der Waals surface area contributed by atoms with Crippen molar-refractivity contribution in [2.24, 2.45) is 5.92 Å². The second kappa shape index (κ2) is 6.08. The average Bonchev–Trinajstić information content (AvgIpc) is 2.94. The van der Waals surface area contributed by atoms with Crippen LogP contribution in [0.4, 0.5) is 11.6 Å². The Morgan fingerprint density at radius 3 is 3.00 bits per heavy atom. The van der Waals surface area contributed by atoms with E-state index in [1.165, 1.54) is 0 Å². The van der Waals surface area contributed by atoms with Gasteiger partial charge in [-0.15, -0.1) is 0 Å². The highest BCUT2D eigenvalue weighted by Gasteiger charge is 2.30. The first-order valence-electron chi connectivity index (χ1n) is 8.00. The van der Waals surface area contributed by atoms with Crippen molar-refractivity contribution >= 4 is 23.5 Å². The minimum atomic E-state index is -0.495. The Labute approximate surface area is 143 Å². The molecule has 2 amide bonds. The Balaban J connectivity index is 1.41. The van der Waals surface area contributed by atoms with Gasteiger partial charge in [0.2, 0.25) is 17.8 Å². The van der Waals surface area contributed by atoms with Gasteiger partial charge < -0.3 is 14.8 Å². The summed E-state index contributed by atoms with van der Waals surface area (Å²) in [5.74, 6) is 1.29. The molecular formula is C16H17N5O4. The second-order valence-electron chi connectivity index (χ2n) is 5.96. The molecule has 1 unspecified atom stereocenters. The second-order valence-corrected chi connectivity index (χ2v) is 5.96. The normalized spacial score (nSPS) is 18.3. The fourth-order valence-electron chi connectivity index (χ4n) is 2.89. The van der Waals surface area contributed by atoms with Crippen LogP contribution in [0.25, 0.3) is 0 Å². The number of rotatable bonds is 3. The summed E-state index contributed by atoms with van der Waals surface area (Å²) in [6, 6.07) is 5.21. The topological polar surface area (TPSA) is 107 Å². The number of hydrogen-bond acceptors (Lipinski definition) is 6. The van der Waals surface area contributed by atoms with E-state index in [0.29, 0.717) is 48.7 Å². The van der Waals surface area contributed by atoms with E-state index in [4.69, 9.17) is 9.47 Å². The number of nitrogens with zero attached hydrogens (tertiary/aromatic N) is 3. The molecule has 0 bridgehead atoms. The molecule has 1 aromatic carbocycles. The van der Waals surface area contributed by atoms with Crippen LogP contribution < -0.4 is 20.1 Å². The number of amides is 2. The van der Waals surface area contributed by atoms with Gasteiger partial charge in [0, 0.05) is 18.2 Å². The van der Waals surface area contributed by atoms with E-state index < -0.39 is 5.92 Å². The van der Waals surface area contributed by atoms with Crippen molar-refractivity contribution in [3.63, 3.8) is 0 Å². The molecule has 3 heterocycles. The molecule has 0 aliphatic carbocycles. The number of carbonyl (C=O) groups is 2. The first-order chi connectivity index (χ1) is 12.1. The summed E-state index contributed by atoms with van der Waals surface area (Å²) in [5, 5.41) is 9.67. The summed E-state index contributed by atoms with van der Waals surface area (Å²) in [5.41, 5.74) is 0.600. The molecule has 2 aliphatic heterocycles. The number of hydrogen-bond donors (Lipinski definition) is 2. The van der Waals surface area contributed by atoms with E-state index in [1.54, 1.807) is 29.8 Å². The van der Waals surface area contributed by atoms with Crippen LogP contribution in [0.2, 0.25) is 0 Å². The molecule has 130 valence electrons. The van der Waals surface area contributed by atoms with Gasteiger partial charge in [-0.2, -0.15) is 10.1 Å². The molecule has 0 spiro atoms. The van der Waals surface area contributed by atoms with Crippen molar-refractivity contribution in [1.29, 1.82) is 0 Å². The van der Waals surface area contributed by atoms with Crippen LogP contribution in [0.3, 0.4) is 0 Å². The lowest BCUT2D eigenvalue weighted by molar-refractivity contribution is -0.125. The van der Waals surface area contributed by atoms with Crippen molar-refractivity contribution in [1.82, 2.24) is 14.8 Å². The van der Waals surface area contributed by atoms with E-state index in [2.05, 4.69) is 20.7 Å². The Kier molecular flexibility index (Phi) is 3.75. The number of benzene rings is 1. The molecular weight excluding hydrogens is 326 g/mol. The highest BCUT2D eigenvalue weighted by Crippen LogP contribution is 2.32. The average molecular weight is 343 g/mol. The maximum Gasteiger partial charge on any atom is 0.232 e. The standard InChI is InChI=1S/C16H17N5O4/c1-9-17-16-19-15(23)10(8-21(16)20-9)6-14(22)18-11-2-3-12-13(7-11)25-5-4-24-12/h2-3,7,10H,4-6,8H2,1H3,(H,18,22)(H,17,19,20,23). The van der Waals surface area contributed by atoms with Crippen LogP contribution in [-0.2, 0) is 16.1 Å². The molecule has 9 heteroatoms. The first-order valence-corrected chi connectivity index (χ1v) is 8.00. The number of ether oxygens (including phenoxy) is 2. The van der Waals surface area contributed by atoms with Gasteiger partial charge in [0.1, 0.15) is 19.0 Å². The van der Waals surface area contributed by atoms with E-state index in [1.807, 2.05) is 0 Å². The Hall–Kier alpha value is -3.10. The number of fused-ring (bicyclic) bond motifs is 2. The third-order valence-corrected chi connectivity index (χ3v) is 4.03. The van der Waals surface area contributed by atoms with Gasteiger partial charge >= 0.3 is 0 Å². The first kappa shape index (κ1) is 15.4. The molecule has 2 N–H and O–H groups in total. The highest BCUT2D eigenvalue weighted by molar-refractivity contribution is 5.98. The van der Waals surface area contributed by atoms with Crippen molar-refractivity contribution in [2.75, 3.05) is 23.8 Å². The van der Waals surface area contributed by atoms with E-state index in [-0.39, 0.29) is 18.2 Å². The predicted molar refractivity (Wildman–Crippen MR) is 87.6 cm³/mol. The zero-order valence-electron chi connectivity index (χ0n) is 13.6. The number of carbonyl (C=O) groups excluding carboxylic acids is 2. The van der Waals surface area contributed by atoms with E-state index in [9.17, 15) is 9.59 Å². The monoisotopic (exact) mass is 343 g/mol. The lowest BCUT2D eigenvalue weighted by Gasteiger charge is -2.22. The Morgan fingerprint density at radius 2 is 2.16 bits per heavy atom. The van der Waals surface area contributed by atoms with Gasteiger partial charge in [0.25, 0.3) is 0 Å². The molecule has 0 saturated carbocycles. The molecule has 9 nitrogen and oxygen atoms in total. The van der Waals surface area contributed by atoms with E-state index in [0.717, 1.165) is 0 Å². The Morgan fingerprint density at radius 1 is 1.36 bits per heavy atom. The number of aromatic nitrogens is 3. The molecule has 4 rings (SSSR count). The SMILES string of the molecule is Cc1nc2n(n1)CC(CC(=O)Nc1ccc3c(c1)OCCO3)C(=O)N2. The third-order valence-electron chi connectivity index (χ3n) is 4.03. The minimum Gasteiger partial charge on any atom is -0.486 e. The Bertz CT molecular complexity index is 847. The lowest BCUT2D eigenvalue weighted by atomic mass is 10.0. The summed E-state index contributed by atoms with van der Waals surface area (Å²) >= 11 is 0. The van der Waals surface area contributed by atoms with E-state index >= 15 is 0 Å². The zero-order valence-corrected chi connectivity index (χ0v) is 13.6. The quantitative estimate of drug-likeness (QED) is 0.859. The molecule has 2 aromatic rings. The van der Waals surface area contributed by atoms with Gasteiger partial charge in [-0.25, -0.2) is 4.68 Å². The van der Waals surface area contributed by atoms with Crippen LogP contribution in [0, 0.1) is 12.8 Å². The largest absolute Gasteiger partial charge is 0.486 e. The maximum atomic E-state index is 12.3. The molecule has 1 aromatic heterocycles. The van der Waals surface area contributed by atoms with Crippen molar-refractivity contribution in [3.8, 4) is 11.5 Å². The highest BCUT2D eigenvalue weighted by atomic mass is 16.6. The summed E-state index contributed by atoms with van der Waals surface area (Å²) in [4.78, 5) is 28.6. The van der Waals surface area contributed by atoms with Crippen LogP contribution >= 0.6 is 0 Å². The number of nitrogens with one attached hydrogen (secondary N) is 2. The van der Waals surface area contributed by atoms with Gasteiger partial charge in [0.15, 0.2) is 11.5 Å². The van der Waals surface area contributed by atoms with Crippen LogP contribution in [0.1, 0.15) is 12.2 Å². The number of aryl methyl sites for hydroxylation is 1. The van der Waals surface area contributed by atoms with Gasteiger partial charge in [-0.05, 0) is 19.1 Å². The van der Waals surface area contributed by atoms with Gasteiger partial charge in [0.05, 0.1) is 12.5 Å². The van der Waals surface area contributed by atoms with Crippen LogP contribution in [-0.4, -0.2) is 39.8 Å². The van der Waals surface area contributed by atoms with Gasteiger partial charge in [-0.1, -0.05) is 0 Å². The maximum absolute atomic E-state index is 12.3.